The minimum Gasteiger partial charge on any atom is -0.377 e. The lowest BCUT2D eigenvalue weighted by Gasteiger charge is -2.15. The third kappa shape index (κ3) is 2.93. The molecule has 0 spiro atoms. The van der Waals surface area contributed by atoms with Gasteiger partial charge in [0.25, 0.3) is 5.69 Å². The first kappa shape index (κ1) is 13.5. The predicted molar refractivity (Wildman–Crippen MR) is 78.9 cm³/mol. The Morgan fingerprint density at radius 2 is 2.00 bits per heavy atom. The average Bonchev–Trinajstić information content (AvgIpc) is 2.77. The number of nitrogens with one attached hydrogen (secondary N) is 1. The molecule has 2 aromatic rings. The van der Waals surface area contributed by atoms with Crippen LogP contribution in [0.3, 0.4) is 0 Å². The Morgan fingerprint density at radius 1 is 1.26 bits per heavy atom. The number of aryl methyl sites for hydroxylation is 2. The molecule has 1 atom stereocenters. The van der Waals surface area contributed by atoms with Crippen molar-refractivity contribution in [3.05, 3.63) is 55.8 Å². The number of hydrogen-bond acceptors (Lipinski definition) is 4. The van der Waals surface area contributed by atoms with Gasteiger partial charge in [-0.15, -0.1) is 11.3 Å². The second kappa shape index (κ2) is 5.40. The molecule has 0 aliphatic carbocycles. The quantitative estimate of drug-likeness (QED) is 0.663. The van der Waals surface area contributed by atoms with Gasteiger partial charge in [0.1, 0.15) is 0 Å². The minimum absolute atomic E-state index is 0.141. The van der Waals surface area contributed by atoms with E-state index >= 15 is 0 Å². The molecule has 100 valence electrons. The summed E-state index contributed by atoms with van der Waals surface area (Å²) in [5.41, 5.74) is 2.85. The molecule has 1 unspecified atom stereocenters. The summed E-state index contributed by atoms with van der Waals surface area (Å²) in [5.74, 6) is 0. The third-order valence-electron chi connectivity index (χ3n) is 3.08. The van der Waals surface area contributed by atoms with Crippen molar-refractivity contribution in [3.8, 4) is 0 Å². The zero-order valence-corrected chi connectivity index (χ0v) is 12.0. The molecule has 19 heavy (non-hydrogen) atoms. The highest BCUT2D eigenvalue weighted by molar-refractivity contribution is 7.10. The maximum atomic E-state index is 10.9. The van der Waals surface area contributed by atoms with Crippen molar-refractivity contribution in [3.63, 3.8) is 0 Å². The van der Waals surface area contributed by atoms with Crippen LogP contribution in [0.25, 0.3) is 0 Å². The van der Waals surface area contributed by atoms with E-state index in [1.54, 1.807) is 30.4 Å². The Morgan fingerprint density at radius 3 is 2.58 bits per heavy atom. The molecule has 0 radical (unpaired) electrons. The van der Waals surface area contributed by atoms with Crippen LogP contribution in [0.4, 0.5) is 11.4 Å². The summed E-state index contributed by atoms with van der Waals surface area (Å²) in [5, 5.41) is 16.3. The van der Waals surface area contributed by atoms with Crippen molar-refractivity contribution in [2.45, 2.75) is 26.8 Å². The van der Waals surface area contributed by atoms with Crippen LogP contribution in [-0.4, -0.2) is 4.92 Å². The SMILES string of the molecule is Cc1ccc(NC(C)c2sccc2C)cc1[N+](=O)[O-]. The zero-order chi connectivity index (χ0) is 14.0. The molecule has 0 fully saturated rings. The zero-order valence-electron chi connectivity index (χ0n) is 11.1. The monoisotopic (exact) mass is 276 g/mol. The van der Waals surface area contributed by atoms with Gasteiger partial charge in [0.2, 0.25) is 0 Å². The van der Waals surface area contributed by atoms with Gasteiger partial charge >= 0.3 is 0 Å². The van der Waals surface area contributed by atoms with E-state index in [9.17, 15) is 10.1 Å². The van der Waals surface area contributed by atoms with Gasteiger partial charge in [-0.1, -0.05) is 6.07 Å². The first-order valence-electron chi connectivity index (χ1n) is 6.04. The average molecular weight is 276 g/mol. The summed E-state index contributed by atoms with van der Waals surface area (Å²) in [6.45, 7) is 5.88. The summed E-state index contributed by atoms with van der Waals surface area (Å²) in [7, 11) is 0. The summed E-state index contributed by atoms with van der Waals surface area (Å²) >= 11 is 1.69. The van der Waals surface area contributed by atoms with Crippen molar-refractivity contribution in [1.29, 1.82) is 0 Å². The molecule has 0 saturated heterocycles. The van der Waals surface area contributed by atoms with Crippen LogP contribution >= 0.6 is 11.3 Å². The molecule has 1 aromatic carbocycles. The molecule has 0 aliphatic rings. The number of nitro groups is 1. The summed E-state index contributed by atoms with van der Waals surface area (Å²) in [6.07, 6.45) is 0. The van der Waals surface area contributed by atoms with E-state index in [0.717, 1.165) is 5.69 Å². The fourth-order valence-electron chi connectivity index (χ4n) is 2.04. The van der Waals surface area contributed by atoms with Crippen molar-refractivity contribution in [2.24, 2.45) is 0 Å². The van der Waals surface area contributed by atoms with Crippen LogP contribution in [0.2, 0.25) is 0 Å². The maximum Gasteiger partial charge on any atom is 0.274 e. The second-order valence-electron chi connectivity index (χ2n) is 4.59. The molecule has 1 heterocycles. The molecule has 2 rings (SSSR count). The number of anilines is 1. The molecular weight excluding hydrogens is 260 g/mol. The Balaban J connectivity index is 2.22. The number of benzene rings is 1. The summed E-state index contributed by atoms with van der Waals surface area (Å²) in [6, 6.07) is 7.46. The number of nitro benzene ring substituents is 1. The molecule has 5 heteroatoms. The van der Waals surface area contributed by atoms with E-state index in [-0.39, 0.29) is 16.7 Å². The van der Waals surface area contributed by atoms with E-state index in [1.807, 2.05) is 6.07 Å². The van der Waals surface area contributed by atoms with Gasteiger partial charge < -0.3 is 5.32 Å². The topological polar surface area (TPSA) is 55.2 Å². The second-order valence-corrected chi connectivity index (χ2v) is 5.54. The summed E-state index contributed by atoms with van der Waals surface area (Å²) < 4.78 is 0. The lowest BCUT2D eigenvalue weighted by atomic mass is 10.1. The van der Waals surface area contributed by atoms with Gasteiger partial charge in [-0.25, -0.2) is 0 Å². The molecule has 4 nitrogen and oxygen atoms in total. The first-order valence-corrected chi connectivity index (χ1v) is 6.92. The Kier molecular flexibility index (Phi) is 3.85. The third-order valence-corrected chi connectivity index (χ3v) is 4.29. The highest BCUT2D eigenvalue weighted by Crippen LogP contribution is 2.29. The Bertz CT molecular complexity index is 607. The van der Waals surface area contributed by atoms with Crippen LogP contribution in [0.15, 0.2) is 29.6 Å². The maximum absolute atomic E-state index is 10.9. The molecule has 1 aromatic heterocycles. The smallest absolute Gasteiger partial charge is 0.274 e. The van der Waals surface area contributed by atoms with Crippen LogP contribution in [-0.2, 0) is 0 Å². The highest BCUT2D eigenvalue weighted by atomic mass is 32.1. The van der Waals surface area contributed by atoms with Gasteiger partial charge in [-0.2, -0.15) is 0 Å². The highest BCUT2D eigenvalue weighted by Gasteiger charge is 2.14. The van der Waals surface area contributed by atoms with E-state index in [0.29, 0.717) is 5.56 Å². The fraction of sp³-hybridized carbons (Fsp3) is 0.286. The van der Waals surface area contributed by atoms with Gasteiger partial charge in [-0.05, 0) is 43.8 Å². The van der Waals surface area contributed by atoms with Crippen LogP contribution in [0.1, 0.15) is 29.0 Å². The predicted octanol–water partition coefficient (Wildman–Crippen LogP) is 4.45. The molecule has 1 N–H and O–H groups in total. The van der Waals surface area contributed by atoms with Crippen molar-refractivity contribution >= 4 is 22.7 Å². The normalized spacial score (nSPS) is 12.2. The lowest BCUT2D eigenvalue weighted by Crippen LogP contribution is -2.06. The van der Waals surface area contributed by atoms with Crippen LogP contribution < -0.4 is 5.32 Å². The van der Waals surface area contributed by atoms with Gasteiger partial charge in [0.15, 0.2) is 0 Å². The van der Waals surface area contributed by atoms with Crippen molar-refractivity contribution in [1.82, 2.24) is 0 Å². The standard InChI is InChI=1S/C14H16N2O2S/c1-9-4-5-12(8-13(9)16(17)18)15-11(3)14-10(2)6-7-19-14/h4-8,11,15H,1-3H3. The molecular formula is C14H16N2O2S. The van der Waals surface area contributed by atoms with Crippen molar-refractivity contribution in [2.75, 3.05) is 5.32 Å². The Labute approximate surface area is 116 Å². The minimum atomic E-state index is -0.346. The van der Waals surface area contributed by atoms with Crippen LogP contribution in [0, 0.1) is 24.0 Å². The first-order chi connectivity index (χ1) is 8.99. The molecule has 0 bridgehead atoms. The Hall–Kier alpha value is -1.88. The number of hydrogen-bond donors (Lipinski definition) is 1. The summed E-state index contributed by atoms with van der Waals surface area (Å²) in [4.78, 5) is 11.8. The molecule has 0 amide bonds. The van der Waals surface area contributed by atoms with E-state index in [1.165, 1.54) is 10.4 Å². The fourth-order valence-corrected chi connectivity index (χ4v) is 2.98. The van der Waals surface area contributed by atoms with Gasteiger partial charge in [-0.3, -0.25) is 10.1 Å². The van der Waals surface area contributed by atoms with E-state index in [2.05, 4.69) is 30.6 Å². The largest absolute Gasteiger partial charge is 0.377 e. The van der Waals surface area contributed by atoms with Crippen LogP contribution in [0.5, 0.6) is 0 Å². The van der Waals surface area contributed by atoms with E-state index < -0.39 is 0 Å². The molecule has 0 aliphatic heterocycles. The molecule has 0 saturated carbocycles. The van der Waals surface area contributed by atoms with Gasteiger partial charge in [0, 0.05) is 22.2 Å². The van der Waals surface area contributed by atoms with Crippen molar-refractivity contribution < 1.29 is 4.92 Å². The van der Waals surface area contributed by atoms with Gasteiger partial charge in [0.05, 0.1) is 11.0 Å². The number of rotatable bonds is 4. The van der Waals surface area contributed by atoms with E-state index in [4.69, 9.17) is 0 Å². The number of thiophene rings is 1. The lowest BCUT2D eigenvalue weighted by molar-refractivity contribution is -0.385. The number of nitrogens with zero attached hydrogens (tertiary/aromatic N) is 1.